The second-order valence-corrected chi connectivity index (χ2v) is 5.66. The molecule has 1 heterocycles. The Kier molecular flexibility index (Phi) is 3.92. The fourth-order valence-corrected chi connectivity index (χ4v) is 2.89. The average Bonchev–Trinajstić information content (AvgIpc) is 3.33. The lowest BCUT2D eigenvalue weighted by Gasteiger charge is -2.39. The number of hydrogen-bond acceptors (Lipinski definition) is 3. The van der Waals surface area contributed by atoms with E-state index in [2.05, 4.69) is 5.32 Å². The van der Waals surface area contributed by atoms with Crippen LogP contribution in [0.1, 0.15) is 24.4 Å². The molecule has 0 aromatic heterocycles. The van der Waals surface area contributed by atoms with Gasteiger partial charge in [-0.15, -0.1) is 0 Å². The molecule has 0 spiro atoms. The van der Waals surface area contributed by atoms with Crippen LogP contribution in [0.25, 0.3) is 0 Å². The molecule has 2 atom stereocenters. The zero-order valence-corrected chi connectivity index (χ0v) is 12.1. The molecule has 5 nitrogen and oxygen atoms in total. The summed E-state index contributed by atoms with van der Waals surface area (Å²) in [5.41, 5.74) is 0.841. The largest absolute Gasteiger partial charge is 0.383 e. The molecule has 1 aliphatic heterocycles. The zero-order valence-electron chi connectivity index (χ0n) is 12.1. The van der Waals surface area contributed by atoms with Crippen LogP contribution < -0.4 is 5.32 Å². The molecule has 112 valence electrons. The first kappa shape index (κ1) is 14.1. The molecule has 2 unspecified atom stereocenters. The van der Waals surface area contributed by atoms with E-state index in [-0.39, 0.29) is 17.9 Å². The van der Waals surface area contributed by atoms with Crippen molar-refractivity contribution in [1.82, 2.24) is 10.2 Å². The Morgan fingerprint density at radius 2 is 1.95 bits per heavy atom. The predicted octanol–water partition coefficient (Wildman–Crippen LogP) is 1.11. The number of benzene rings is 1. The van der Waals surface area contributed by atoms with E-state index in [1.165, 1.54) is 0 Å². The van der Waals surface area contributed by atoms with Crippen LogP contribution in [0.2, 0.25) is 0 Å². The normalized spacial score (nSPS) is 25.9. The number of carbonyl (C=O) groups excluding carboxylic acids is 2. The van der Waals surface area contributed by atoms with Gasteiger partial charge in [0, 0.05) is 13.7 Å². The van der Waals surface area contributed by atoms with Crippen molar-refractivity contribution in [2.75, 3.05) is 20.3 Å². The molecule has 1 N–H and O–H groups in total. The van der Waals surface area contributed by atoms with Gasteiger partial charge in [-0.2, -0.15) is 0 Å². The van der Waals surface area contributed by atoms with Gasteiger partial charge >= 0.3 is 0 Å². The Morgan fingerprint density at radius 1 is 1.24 bits per heavy atom. The molecule has 0 bridgehead atoms. The van der Waals surface area contributed by atoms with Gasteiger partial charge in [0.15, 0.2) is 0 Å². The van der Waals surface area contributed by atoms with E-state index in [1.807, 2.05) is 30.3 Å². The lowest BCUT2D eigenvalue weighted by molar-refractivity contribution is -0.151. The van der Waals surface area contributed by atoms with Crippen molar-refractivity contribution < 1.29 is 14.3 Å². The smallest absolute Gasteiger partial charge is 0.248 e. The highest BCUT2D eigenvalue weighted by Gasteiger charge is 2.47. The van der Waals surface area contributed by atoms with E-state index in [0.717, 1.165) is 18.4 Å². The number of nitrogens with zero attached hydrogens (tertiary/aromatic N) is 1. The van der Waals surface area contributed by atoms with Gasteiger partial charge in [-0.1, -0.05) is 30.3 Å². The number of hydrogen-bond donors (Lipinski definition) is 1. The summed E-state index contributed by atoms with van der Waals surface area (Å²) in [4.78, 5) is 26.9. The third-order valence-electron chi connectivity index (χ3n) is 4.15. The fourth-order valence-electron chi connectivity index (χ4n) is 2.89. The second-order valence-electron chi connectivity index (χ2n) is 5.66. The lowest BCUT2D eigenvalue weighted by atomic mass is 9.98. The highest BCUT2D eigenvalue weighted by molar-refractivity contribution is 5.97. The van der Waals surface area contributed by atoms with E-state index in [1.54, 1.807) is 12.0 Å². The maximum absolute atomic E-state index is 12.7. The number of piperazine rings is 1. The van der Waals surface area contributed by atoms with Crippen molar-refractivity contribution >= 4 is 11.8 Å². The Hall–Kier alpha value is -1.88. The first-order valence-electron chi connectivity index (χ1n) is 7.37. The Bertz CT molecular complexity index is 528. The Morgan fingerprint density at radius 3 is 2.57 bits per heavy atom. The van der Waals surface area contributed by atoms with Crippen molar-refractivity contribution in [3.63, 3.8) is 0 Å². The van der Waals surface area contributed by atoms with E-state index >= 15 is 0 Å². The summed E-state index contributed by atoms with van der Waals surface area (Å²) in [7, 11) is 1.60. The molecule has 0 radical (unpaired) electrons. The van der Waals surface area contributed by atoms with Crippen LogP contribution in [0.5, 0.6) is 0 Å². The van der Waals surface area contributed by atoms with E-state index in [9.17, 15) is 9.59 Å². The highest BCUT2D eigenvalue weighted by atomic mass is 16.5. The molecule has 1 saturated carbocycles. The molecule has 1 aromatic rings. The molecule has 5 heteroatoms. The molecule has 2 aliphatic rings. The minimum atomic E-state index is -0.552. The molecule has 21 heavy (non-hydrogen) atoms. The zero-order chi connectivity index (χ0) is 14.8. The van der Waals surface area contributed by atoms with E-state index in [4.69, 9.17) is 4.74 Å². The second kappa shape index (κ2) is 5.85. The number of carbonyl (C=O) groups is 2. The maximum atomic E-state index is 12.7. The van der Waals surface area contributed by atoms with Crippen molar-refractivity contribution in [1.29, 1.82) is 0 Å². The molecule has 1 aromatic carbocycles. The maximum Gasteiger partial charge on any atom is 0.248 e. The number of ether oxygens (including phenoxy) is 1. The molecular formula is C16H20N2O3. The molecule has 1 saturated heterocycles. The molecule has 2 amide bonds. The summed E-state index contributed by atoms with van der Waals surface area (Å²) < 4.78 is 5.10. The van der Waals surface area contributed by atoms with Gasteiger partial charge in [0.1, 0.15) is 12.1 Å². The number of nitrogens with one attached hydrogen (secondary N) is 1. The predicted molar refractivity (Wildman–Crippen MR) is 77.4 cm³/mol. The van der Waals surface area contributed by atoms with Crippen molar-refractivity contribution in [3.05, 3.63) is 35.9 Å². The van der Waals surface area contributed by atoms with E-state index < -0.39 is 6.04 Å². The number of rotatable bonds is 5. The summed E-state index contributed by atoms with van der Waals surface area (Å²) in [6.45, 7) is 0.866. The first-order chi connectivity index (χ1) is 10.2. The highest BCUT2D eigenvalue weighted by Crippen LogP contribution is 2.37. The summed E-state index contributed by atoms with van der Waals surface area (Å²) in [6, 6.07) is 8.53. The fraction of sp³-hybridized carbons (Fsp3) is 0.500. The quantitative estimate of drug-likeness (QED) is 0.883. The van der Waals surface area contributed by atoms with Gasteiger partial charge in [-0.25, -0.2) is 0 Å². The third-order valence-corrected chi connectivity index (χ3v) is 4.15. The Labute approximate surface area is 124 Å². The van der Waals surface area contributed by atoms with Crippen molar-refractivity contribution in [2.24, 2.45) is 5.92 Å². The molecular weight excluding hydrogens is 268 g/mol. The molecule has 3 rings (SSSR count). The van der Waals surface area contributed by atoms with Gasteiger partial charge in [-0.05, 0) is 24.3 Å². The standard InChI is InChI=1S/C16H20N2O3/c1-21-10-9-18-14(12-5-3-2-4-6-12)15(19)17-13(16(18)20)11-7-8-11/h2-6,11,13-14H,7-10H2,1H3,(H,17,19). The van der Waals surface area contributed by atoms with Gasteiger partial charge in [0.05, 0.1) is 6.61 Å². The van der Waals surface area contributed by atoms with Gasteiger partial charge in [0.2, 0.25) is 11.8 Å². The van der Waals surface area contributed by atoms with Gasteiger partial charge < -0.3 is 15.0 Å². The first-order valence-corrected chi connectivity index (χ1v) is 7.37. The van der Waals surface area contributed by atoms with Crippen LogP contribution in [-0.2, 0) is 14.3 Å². The molecule has 1 aliphatic carbocycles. The minimum absolute atomic E-state index is 0.0167. The van der Waals surface area contributed by atoms with Crippen molar-refractivity contribution in [3.8, 4) is 0 Å². The third kappa shape index (κ3) is 2.78. The van der Waals surface area contributed by atoms with Crippen molar-refractivity contribution in [2.45, 2.75) is 24.9 Å². The van der Waals surface area contributed by atoms with E-state index in [0.29, 0.717) is 19.1 Å². The summed E-state index contributed by atoms with van der Waals surface area (Å²) in [6.07, 6.45) is 2.04. The van der Waals surface area contributed by atoms with Crippen LogP contribution >= 0.6 is 0 Å². The monoisotopic (exact) mass is 288 g/mol. The van der Waals surface area contributed by atoms with Crippen LogP contribution in [0, 0.1) is 5.92 Å². The van der Waals surface area contributed by atoms with Gasteiger partial charge in [-0.3, -0.25) is 9.59 Å². The average molecular weight is 288 g/mol. The number of amides is 2. The Balaban J connectivity index is 1.88. The summed E-state index contributed by atoms with van der Waals surface area (Å²) in [5.74, 6) is 0.236. The van der Waals surface area contributed by atoms with Crippen LogP contribution in [0.4, 0.5) is 0 Å². The molecule has 2 fully saturated rings. The minimum Gasteiger partial charge on any atom is -0.383 e. The van der Waals surface area contributed by atoms with Gasteiger partial charge in [0.25, 0.3) is 0 Å². The summed E-state index contributed by atoms with van der Waals surface area (Å²) >= 11 is 0. The van der Waals surface area contributed by atoms with Crippen LogP contribution in [0.3, 0.4) is 0 Å². The van der Waals surface area contributed by atoms with Crippen LogP contribution in [0.15, 0.2) is 30.3 Å². The lowest BCUT2D eigenvalue weighted by Crippen LogP contribution is -2.60. The topological polar surface area (TPSA) is 58.6 Å². The summed E-state index contributed by atoms with van der Waals surface area (Å²) in [5, 5.41) is 2.91. The number of methoxy groups -OCH3 is 1. The van der Waals surface area contributed by atoms with Crippen LogP contribution in [-0.4, -0.2) is 43.0 Å². The SMILES string of the molecule is COCCN1C(=O)C(C2CC2)NC(=O)C1c1ccccc1.